The number of nitrogens with zero attached hydrogens (tertiary/aromatic N) is 2. The molecule has 1 aliphatic heterocycles. The minimum atomic E-state index is -0.556. The van der Waals surface area contributed by atoms with Crippen LogP contribution in [0, 0.1) is 0 Å². The van der Waals surface area contributed by atoms with E-state index in [0.717, 1.165) is 0 Å². The van der Waals surface area contributed by atoms with Crippen molar-refractivity contribution in [1.82, 2.24) is 9.80 Å². The summed E-state index contributed by atoms with van der Waals surface area (Å²) in [6.07, 6.45) is 1.45. The molecule has 142 valence electrons. The van der Waals surface area contributed by atoms with Gasteiger partial charge in [0.1, 0.15) is 0 Å². The highest BCUT2D eigenvalue weighted by Gasteiger charge is 2.26. The average molecular weight is 371 g/mol. The lowest BCUT2D eigenvalue weighted by molar-refractivity contribution is -0.136. The number of para-hydroxylation sites is 1. The van der Waals surface area contributed by atoms with Crippen LogP contribution in [0.15, 0.2) is 47.1 Å². The quantitative estimate of drug-likeness (QED) is 0.800. The Balaban J connectivity index is 1.48. The number of ether oxygens (including phenoxy) is 1. The zero-order valence-electron chi connectivity index (χ0n) is 15.0. The van der Waals surface area contributed by atoms with Gasteiger partial charge in [-0.15, -0.1) is 0 Å². The second-order valence-corrected chi connectivity index (χ2v) is 6.02. The summed E-state index contributed by atoms with van der Waals surface area (Å²) in [5.74, 6) is -0.746. The summed E-state index contributed by atoms with van der Waals surface area (Å²) in [5.41, 5.74) is 1.02. The van der Waals surface area contributed by atoms with Gasteiger partial charge in [0.05, 0.1) is 11.8 Å². The molecule has 1 aromatic carbocycles. The summed E-state index contributed by atoms with van der Waals surface area (Å²) >= 11 is 0. The topological polar surface area (TPSA) is 92.1 Å². The van der Waals surface area contributed by atoms with Crippen LogP contribution < -0.4 is 5.32 Å². The maximum absolute atomic E-state index is 12.3. The maximum atomic E-state index is 12.3. The number of hydrogen-bond acceptors (Lipinski definition) is 6. The molecule has 0 saturated carbocycles. The Morgan fingerprint density at radius 2 is 1.74 bits per heavy atom. The van der Waals surface area contributed by atoms with E-state index in [-0.39, 0.29) is 24.2 Å². The number of anilines is 1. The van der Waals surface area contributed by atoms with Gasteiger partial charge in [0.15, 0.2) is 12.4 Å². The van der Waals surface area contributed by atoms with Gasteiger partial charge in [-0.05, 0) is 24.3 Å². The Kier molecular flexibility index (Phi) is 5.75. The molecule has 0 bridgehead atoms. The monoisotopic (exact) mass is 371 g/mol. The number of esters is 1. The fraction of sp³-hybridized carbons (Fsp3) is 0.316. The van der Waals surface area contributed by atoms with Crippen molar-refractivity contribution in [3.8, 4) is 0 Å². The largest absolute Gasteiger partial charge is 0.459 e. The molecule has 0 spiro atoms. The van der Waals surface area contributed by atoms with E-state index in [2.05, 4.69) is 5.32 Å². The van der Waals surface area contributed by atoms with Crippen molar-refractivity contribution in [2.24, 2.45) is 0 Å². The van der Waals surface area contributed by atoms with E-state index in [1.807, 2.05) is 0 Å². The van der Waals surface area contributed by atoms with Crippen LogP contribution in [-0.4, -0.2) is 67.4 Å². The molecule has 8 heteroatoms. The second kappa shape index (κ2) is 8.39. The molecular formula is C19H21N3O5. The summed E-state index contributed by atoms with van der Waals surface area (Å²) < 4.78 is 10.3. The van der Waals surface area contributed by atoms with Crippen molar-refractivity contribution in [2.45, 2.75) is 0 Å². The molecule has 0 aliphatic carbocycles. The van der Waals surface area contributed by atoms with E-state index < -0.39 is 5.97 Å². The lowest BCUT2D eigenvalue weighted by Gasteiger charge is -2.34. The number of nitrogens with one attached hydrogen (secondary N) is 1. The van der Waals surface area contributed by atoms with Crippen LogP contribution >= 0.6 is 0 Å². The summed E-state index contributed by atoms with van der Waals surface area (Å²) in [7, 11) is 1.71. The Morgan fingerprint density at radius 1 is 1.04 bits per heavy atom. The molecular weight excluding hydrogens is 350 g/mol. The first-order valence-electron chi connectivity index (χ1n) is 8.64. The molecule has 0 radical (unpaired) electrons. The molecule has 1 aromatic heterocycles. The van der Waals surface area contributed by atoms with E-state index in [1.54, 1.807) is 53.2 Å². The third-order valence-electron chi connectivity index (χ3n) is 4.39. The summed E-state index contributed by atoms with van der Waals surface area (Å²) in [6, 6.07) is 10.2. The van der Waals surface area contributed by atoms with Gasteiger partial charge in [-0.2, -0.15) is 0 Å². The number of rotatable bonds is 5. The molecule has 1 aliphatic rings. The minimum Gasteiger partial charge on any atom is -0.459 e. The molecule has 1 saturated heterocycles. The van der Waals surface area contributed by atoms with Crippen LogP contribution in [0.3, 0.4) is 0 Å². The van der Waals surface area contributed by atoms with Crippen molar-refractivity contribution in [3.05, 3.63) is 54.0 Å². The minimum absolute atomic E-state index is 0.192. The highest BCUT2D eigenvalue weighted by molar-refractivity contribution is 5.96. The molecule has 2 aromatic rings. The highest BCUT2D eigenvalue weighted by atomic mass is 16.5. The molecule has 3 rings (SSSR count). The molecule has 8 nitrogen and oxygen atoms in total. The first-order chi connectivity index (χ1) is 13.1. The van der Waals surface area contributed by atoms with Gasteiger partial charge in [0, 0.05) is 38.9 Å². The van der Waals surface area contributed by atoms with Gasteiger partial charge in [-0.3, -0.25) is 9.59 Å². The number of piperazine rings is 1. The molecule has 2 amide bonds. The normalized spacial score (nSPS) is 14.0. The predicted octanol–water partition coefficient (Wildman–Crippen LogP) is 1.46. The van der Waals surface area contributed by atoms with Crippen molar-refractivity contribution in [3.63, 3.8) is 0 Å². The van der Waals surface area contributed by atoms with Crippen molar-refractivity contribution in [2.75, 3.05) is 45.2 Å². The summed E-state index contributed by atoms with van der Waals surface area (Å²) in [5, 5.41) is 2.91. The van der Waals surface area contributed by atoms with Crippen LogP contribution in [0.4, 0.5) is 5.69 Å². The number of carbonyl (C=O) groups is 3. The van der Waals surface area contributed by atoms with Crippen LogP contribution in [0.5, 0.6) is 0 Å². The fourth-order valence-corrected chi connectivity index (χ4v) is 2.89. The van der Waals surface area contributed by atoms with Crippen molar-refractivity contribution < 1.29 is 23.5 Å². The van der Waals surface area contributed by atoms with E-state index in [0.29, 0.717) is 37.4 Å². The first-order valence-corrected chi connectivity index (χ1v) is 8.64. The van der Waals surface area contributed by atoms with Gasteiger partial charge in [-0.1, -0.05) is 12.1 Å². The van der Waals surface area contributed by atoms with Crippen molar-refractivity contribution >= 4 is 23.5 Å². The van der Waals surface area contributed by atoms with E-state index in [9.17, 15) is 14.4 Å². The molecule has 1 fully saturated rings. The number of amides is 2. The summed E-state index contributed by atoms with van der Waals surface area (Å²) in [6.45, 7) is 1.25. The smallest absolute Gasteiger partial charge is 0.340 e. The van der Waals surface area contributed by atoms with Gasteiger partial charge in [0.2, 0.25) is 0 Å². The van der Waals surface area contributed by atoms with E-state index in [1.165, 1.54) is 6.26 Å². The fourth-order valence-electron chi connectivity index (χ4n) is 2.89. The maximum Gasteiger partial charge on any atom is 0.340 e. The Hall–Kier alpha value is -3.29. The average Bonchev–Trinajstić information content (AvgIpc) is 3.26. The van der Waals surface area contributed by atoms with Crippen LogP contribution in [0.25, 0.3) is 0 Å². The van der Waals surface area contributed by atoms with Gasteiger partial charge >= 0.3 is 5.97 Å². The van der Waals surface area contributed by atoms with Crippen LogP contribution in [0.2, 0.25) is 0 Å². The number of carbonyl (C=O) groups excluding carboxylic acids is 3. The lowest BCUT2D eigenvalue weighted by Crippen LogP contribution is -2.51. The van der Waals surface area contributed by atoms with E-state index in [4.69, 9.17) is 9.15 Å². The third-order valence-corrected chi connectivity index (χ3v) is 4.39. The Labute approximate surface area is 156 Å². The third kappa shape index (κ3) is 4.28. The molecule has 1 N–H and O–H groups in total. The van der Waals surface area contributed by atoms with Crippen LogP contribution in [0.1, 0.15) is 20.9 Å². The number of hydrogen-bond donors (Lipinski definition) is 1. The molecule has 0 atom stereocenters. The first kappa shape index (κ1) is 18.5. The van der Waals surface area contributed by atoms with Crippen molar-refractivity contribution in [1.29, 1.82) is 0 Å². The lowest BCUT2D eigenvalue weighted by atomic mass is 10.2. The van der Waals surface area contributed by atoms with Gasteiger partial charge < -0.3 is 24.3 Å². The second-order valence-electron chi connectivity index (χ2n) is 6.02. The Morgan fingerprint density at radius 3 is 2.41 bits per heavy atom. The summed E-state index contributed by atoms with van der Waals surface area (Å²) in [4.78, 5) is 39.9. The SMILES string of the molecule is CNc1ccccc1C(=O)OCC(=O)N1CCN(C(=O)c2ccco2)CC1. The molecule has 27 heavy (non-hydrogen) atoms. The number of benzene rings is 1. The highest BCUT2D eigenvalue weighted by Crippen LogP contribution is 2.15. The Bertz CT molecular complexity index is 811. The predicted molar refractivity (Wildman–Crippen MR) is 97.5 cm³/mol. The van der Waals surface area contributed by atoms with Gasteiger partial charge in [0.25, 0.3) is 11.8 Å². The molecule has 0 unspecified atom stereocenters. The number of furan rings is 1. The van der Waals surface area contributed by atoms with Crippen LogP contribution in [-0.2, 0) is 9.53 Å². The standard InChI is InChI=1S/C19H21N3O5/c1-20-15-6-3-2-5-14(15)19(25)27-13-17(23)21-8-10-22(11-9-21)18(24)16-7-4-12-26-16/h2-7,12,20H,8-11,13H2,1H3. The van der Waals surface area contributed by atoms with Gasteiger partial charge in [-0.25, -0.2) is 4.79 Å². The van der Waals surface area contributed by atoms with E-state index >= 15 is 0 Å². The zero-order chi connectivity index (χ0) is 19.2. The zero-order valence-corrected chi connectivity index (χ0v) is 15.0. The molecule has 2 heterocycles.